The van der Waals surface area contributed by atoms with E-state index in [4.69, 9.17) is 4.74 Å². The van der Waals surface area contributed by atoms with Crippen molar-refractivity contribution in [3.05, 3.63) is 29.6 Å². The Kier molecular flexibility index (Phi) is 9.98. The maximum atomic E-state index is 12.3. The van der Waals surface area contributed by atoms with Crippen LogP contribution in [0.25, 0.3) is 0 Å². The lowest BCUT2D eigenvalue weighted by Crippen LogP contribution is -2.53. The molecule has 0 saturated carbocycles. The summed E-state index contributed by atoms with van der Waals surface area (Å²) in [5, 5.41) is 6.79. The van der Waals surface area contributed by atoms with E-state index in [0.717, 1.165) is 38.3 Å². The van der Waals surface area contributed by atoms with Crippen LogP contribution in [0.2, 0.25) is 0 Å². The summed E-state index contributed by atoms with van der Waals surface area (Å²) in [6, 6.07) is 2.22. The van der Waals surface area contributed by atoms with Gasteiger partial charge in [0.05, 0.1) is 0 Å². The van der Waals surface area contributed by atoms with Crippen LogP contribution in [0.5, 0.6) is 0 Å². The van der Waals surface area contributed by atoms with E-state index in [1.807, 2.05) is 39.2 Å². The molecule has 1 saturated heterocycles. The number of aliphatic imine (C=N–C) groups is 1. The summed E-state index contributed by atoms with van der Waals surface area (Å²) in [6.45, 7) is 9.89. The van der Waals surface area contributed by atoms with Crippen molar-refractivity contribution < 1.29 is 9.53 Å². The zero-order chi connectivity index (χ0) is 19.9. The van der Waals surface area contributed by atoms with Gasteiger partial charge in [-0.3, -0.25) is 9.98 Å². The minimum absolute atomic E-state index is 0. The SMILES string of the molecule is CN=C(NCCc1ccncc1C)NC1CCCN(C(=O)OC(C)(C)C)C1.I. The van der Waals surface area contributed by atoms with Gasteiger partial charge in [-0.15, -0.1) is 24.0 Å². The van der Waals surface area contributed by atoms with E-state index in [2.05, 4.69) is 27.5 Å². The fourth-order valence-electron chi connectivity index (χ4n) is 3.07. The Bertz CT molecular complexity index is 660. The molecule has 2 N–H and O–H groups in total. The number of amides is 1. The zero-order valence-corrected chi connectivity index (χ0v) is 19.9. The van der Waals surface area contributed by atoms with Crippen LogP contribution in [0, 0.1) is 6.92 Å². The number of aryl methyl sites for hydroxylation is 1. The molecule has 1 aromatic rings. The first kappa shape index (κ1) is 24.5. The van der Waals surface area contributed by atoms with Gasteiger partial charge in [0.2, 0.25) is 0 Å². The number of ether oxygens (including phenoxy) is 1. The van der Waals surface area contributed by atoms with Crippen molar-refractivity contribution in [2.24, 2.45) is 4.99 Å². The molecule has 1 atom stereocenters. The molecule has 1 aliphatic rings. The summed E-state index contributed by atoms with van der Waals surface area (Å²) in [6.07, 6.45) is 6.32. The Morgan fingerprint density at radius 1 is 1.43 bits per heavy atom. The summed E-state index contributed by atoms with van der Waals surface area (Å²) >= 11 is 0. The number of hydrogen-bond donors (Lipinski definition) is 2. The number of guanidine groups is 1. The smallest absolute Gasteiger partial charge is 0.410 e. The summed E-state index contributed by atoms with van der Waals surface area (Å²) in [4.78, 5) is 22.5. The van der Waals surface area contributed by atoms with Gasteiger partial charge in [0.25, 0.3) is 0 Å². The van der Waals surface area contributed by atoms with Crippen LogP contribution in [0.3, 0.4) is 0 Å². The number of hydrogen-bond acceptors (Lipinski definition) is 4. The first-order chi connectivity index (χ1) is 12.8. The number of aromatic nitrogens is 1. The predicted octanol–water partition coefficient (Wildman–Crippen LogP) is 3.12. The molecular weight excluding hydrogens is 469 g/mol. The van der Waals surface area contributed by atoms with E-state index in [1.165, 1.54) is 11.1 Å². The molecule has 2 heterocycles. The van der Waals surface area contributed by atoms with Gasteiger partial charge in [-0.1, -0.05) is 0 Å². The maximum Gasteiger partial charge on any atom is 0.410 e. The normalized spacial score (nSPS) is 17.5. The largest absolute Gasteiger partial charge is 0.444 e. The van der Waals surface area contributed by atoms with E-state index in [-0.39, 0.29) is 36.1 Å². The third-order valence-electron chi connectivity index (χ3n) is 4.46. The van der Waals surface area contributed by atoms with Crippen LogP contribution in [0.1, 0.15) is 44.7 Å². The second kappa shape index (κ2) is 11.4. The summed E-state index contributed by atoms with van der Waals surface area (Å²) in [7, 11) is 1.77. The maximum absolute atomic E-state index is 12.3. The lowest BCUT2D eigenvalue weighted by Gasteiger charge is -2.35. The number of piperidine rings is 1. The average molecular weight is 503 g/mol. The highest BCUT2D eigenvalue weighted by Gasteiger charge is 2.27. The molecule has 8 heteroatoms. The fourth-order valence-corrected chi connectivity index (χ4v) is 3.07. The molecule has 158 valence electrons. The second-order valence-corrected chi connectivity index (χ2v) is 7.96. The van der Waals surface area contributed by atoms with Crippen LogP contribution in [0.15, 0.2) is 23.5 Å². The molecule has 1 amide bonds. The monoisotopic (exact) mass is 503 g/mol. The molecule has 0 radical (unpaired) electrons. The van der Waals surface area contributed by atoms with Crippen molar-refractivity contribution in [2.75, 3.05) is 26.7 Å². The van der Waals surface area contributed by atoms with Crippen molar-refractivity contribution in [2.45, 2.75) is 58.6 Å². The standard InChI is InChI=1S/C20H33N5O2.HI/c1-15-13-22-10-8-16(15)9-11-23-18(21-5)24-17-7-6-12-25(14-17)19(26)27-20(2,3)4;/h8,10,13,17H,6-7,9,11-12,14H2,1-5H3,(H2,21,23,24);1H. The number of pyridine rings is 1. The minimum atomic E-state index is -0.472. The number of halogens is 1. The van der Waals surface area contributed by atoms with Crippen molar-refractivity contribution in [1.82, 2.24) is 20.5 Å². The van der Waals surface area contributed by atoms with Crippen molar-refractivity contribution in [3.8, 4) is 0 Å². The van der Waals surface area contributed by atoms with Gasteiger partial charge in [0, 0.05) is 45.1 Å². The van der Waals surface area contributed by atoms with Crippen LogP contribution in [0.4, 0.5) is 4.79 Å². The minimum Gasteiger partial charge on any atom is -0.444 e. The Labute approximate surface area is 185 Å². The van der Waals surface area contributed by atoms with Crippen LogP contribution in [-0.2, 0) is 11.2 Å². The molecule has 0 spiro atoms. The molecule has 1 aromatic heterocycles. The summed E-state index contributed by atoms with van der Waals surface area (Å²) in [5.74, 6) is 0.762. The number of carbonyl (C=O) groups is 1. The topological polar surface area (TPSA) is 78.9 Å². The van der Waals surface area contributed by atoms with Gasteiger partial charge in [-0.05, 0) is 64.2 Å². The van der Waals surface area contributed by atoms with E-state index in [9.17, 15) is 4.79 Å². The fraction of sp³-hybridized carbons (Fsp3) is 0.650. The zero-order valence-electron chi connectivity index (χ0n) is 17.6. The predicted molar refractivity (Wildman–Crippen MR) is 123 cm³/mol. The van der Waals surface area contributed by atoms with Crippen LogP contribution in [-0.4, -0.2) is 60.3 Å². The molecule has 1 fully saturated rings. The second-order valence-electron chi connectivity index (χ2n) is 7.96. The number of nitrogens with one attached hydrogen (secondary N) is 2. The molecular formula is C20H34IN5O2. The molecule has 1 unspecified atom stereocenters. The average Bonchev–Trinajstić information content (AvgIpc) is 2.61. The number of carbonyl (C=O) groups excluding carboxylic acids is 1. The highest BCUT2D eigenvalue weighted by atomic mass is 127. The first-order valence-corrected chi connectivity index (χ1v) is 9.63. The van der Waals surface area contributed by atoms with Gasteiger partial charge in [0.15, 0.2) is 5.96 Å². The Hall–Kier alpha value is -1.58. The lowest BCUT2D eigenvalue weighted by atomic mass is 10.1. The van der Waals surface area contributed by atoms with Crippen LogP contribution >= 0.6 is 24.0 Å². The van der Waals surface area contributed by atoms with Crippen LogP contribution < -0.4 is 10.6 Å². The molecule has 28 heavy (non-hydrogen) atoms. The summed E-state index contributed by atoms with van der Waals surface area (Å²) < 4.78 is 5.49. The summed E-state index contributed by atoms with van der Waals surface area (Å²) in [5.41, 5.74) is 2.00. The first-order valence-electron chi connectivity index (χ1n) is 9.63. The van der Waals surface area contributed by atoms with E-state index in [0.29, 0.717) is 6.54 Å². The van der Waals surface area contributed by atoms with Crippen molar-refractivity contribution >= 4 is 36.0 Å². The Morgan fingerprint density at radius 3 is 2.82 bits per heavy atom. The number of nitrogens with zero attached hydrogens (tertiary/aromatic N) is 3. The molecule has 1 aliphatic heterocycles. The molecule has 2 rings (SSSR count). The highest BCUT2D eigenvalue weighted by Crippen LogP contribution is 2.15. The van der Waals surface area contributed by atoms with Gasteiger partial charge in [-0.25, -0.2) is 4.79 Å². The Morgan fingerprint density at radius 2 is 2.18 bits per heavy atom. The number of rotatable bonds is 4. The number of likely N-dealkylation sites (tertiary alicyclic amines) is 1. The van der Waals surface area contributed by atoms with Gasteiger partial charge >= 0.3 is 6.09 Å². The van der Waals surface area contributed by atoms with E-state index in [1.54, 1.807) is 11.9 Å². The molecule has 0 aliphatic carbocycles. The van der Waals surface area contributed by atoms with Gasteiger partial charge in [0.1, 0.15) is 5.60 Å². The quantitative estimate of drug-likeness (QED) is 0.375. The third kappa shape index (κ3) is 8.20. The highest BCUT2D eigenvalue weighted by molar-refractivity contribution is 14.0. The van der Waals surface area contributed by atoms with Crippen molar-refractivity contribution in [3.63, 3.8) is 0 Å². The molecule has 7 nitrogen and oxygen atoms in total. The lowest BCUT2D eigenvalue weighted by molar-refractivity contribution is 0.0193. The van der Waals surface area contributed by atoms with E-state index < -0.39 is 5.60 Å². The van der Waals surface area contributed by atoms with Gasteiger partial charge in [-0.2, -0.15) is 0 Å². The van der Waals surface area contributed by atoms with E-state index >= 15 is 0 Å². The Balaban J connectivity index is 0.00000392. The van der Waals surface area contributed by atoms with Crippen molar-refractivity contribution in [1.29, 1.82) is 0 Å². The van der Waals surface area contributed by atoms with Gasteiger partial charge < -0.3 is 20.3 Å². The third-order valence-corrected chi connectivity index (χ3v) is 4.46. The molecule has 0 aromatic carbocycles. The molecule has 0 bridgehead atoms.